The first kappa shape index (κ1) is 11.7. The Morgan fingerprint density at radius 1 is 1.33 bits per heavy atom. The highest BCUT2D eigenvalue weighted by atomic mass is 35.5. The summed E-state index contributed by atoms with van der Waals surface area (Å²) in [5, 5.41) is 4.51. The molecular formula is C13H12ClNO3. The van der Waals surface area contributed by atoms with Gasteiger partial charge in [0.2, 0.25) is 6.29 Å². The fraction of sp³-hybridized carbons (Fsp3) is 0.385. The first-order chi connectivity index (χ1) is 8.50. The van der Waals surface area contributed by atoms with Gasteiger partial charge in [-0.15, -0.1) is 0 Å². The van der Waals surface area contributed by atoms with Gasteiger partial charge >= 0.3 is 0 Å². The number of hydrogen-bond donors (Lipinski definition) is 0. The van der Waals surface area contributed by atoms with E-state index in [-0.39, 0.29) is 5.78 Å². The Balaban J connectivity index is 2.02. The SMILES string of the molecule is CC1(C)O[C@H]2ON=C(c3ccccc3Cl)[C@H]2C1=O. The molecule has 1 aromatic rings. The lowest BCUT2D eigenvalue weighted by molar-refractivity contribution is -0.159. The summed E-state index contributed by atoms with van der Waals surface area (Å²) in [6, 6.07) is 7.27. The number of carbonyl (C=O) groups is 1. The molecule has 2 atom stereocenters. The predicted octanol–water partition coefficient (Wildman–Crippen LogP) is 2.39. The van der Waals surface area contributed by atoms with Crippen LogP contribution in [0.25, 0.3) is 0 Å². The molecule has 5 heteroatoms. The normalized spacial score (nSPS) is 28.8. The molecule has 0 spiro atoms. The topological polar surface area (TPSA) is 47.9 Å². The molecule has 0 amide bonds. The number of Topliss-reactive ketones (excluding diaryl/α,β-unsaturated/α-hetero) is 1. The summed E-state index contributed by atoms with van der Waals surface area (Å²) in [7, 11) is 0. The third kappa shape index (κ3) is 1.56. The van der Waals surface area contributed by atoms with Gasteiger partial charge in [0.15, 0.2) is 5.78 Å². The van der Waals surface area contributed by atoms with Gasteiger partial charge in [0.1, 0.15) is 17.2 Å². The molecule has 1 aromatic carbocycles. The van der Waals surface area contributed by atoms with Gasteiger partial charge in [-0.3, -0.25) is 4.79 Å². The van der Waals surface area contributed by atoms with E-state index in [1.165, 1.54) is 0 Å². The Hall–Kier alpha value is -1.39. The maximum Gasteiger partial charge on any atom is 0.243 e. The number of nitrogens with zero attached hydrogens (tertiary/aromatic N) is 1. The molecule has 2 heterocycles. The smallest absolute Gasteiger partial charge is 0.243 e. The molecule has 2 aliphatic rings. The largest absolute Gasteiger partial charge is 0.362 e. The van der Waals surface area contributed by atoms with E-state index < -0.39 is 17.8 Å². The van der Waals surface area contributed by atoms with Gasteiger partial charge in [0.25, 0.3) is 0 Å². The minimum atomic E-state index is -0.836. The van der Waals surface area contributed by atoms with E-state index >= 15 is 0 Å². The van der Waals surface area contributed by atoms with Crippen LogP contribution >= 0.6 is 11.6 Å². The highest BCUT2D eigenvalue weighted by Gasteiger charge is 2.55. The molecule has 1 saturated heterocycles. The average molecular weight is 266 g/mol. The minimum Gasteiger partial charge on any atom is -0.362 e. The van der Waals surface area contributed by atoms with Crippen LogP contribution in [-0.2, 0) is 14.4 Å². The zero-order valence-electron chi connectivity index (χ0n) is 10.0. The number of ether oxygens (including phenoxy) is 1. The maximum atomic E-state index is 12.3. The molecule has 0 aromatic heterocycles. The van der Waals surface area contributed by atoms with Crippen molar-refractivity contribution in [2.75, 3.05) is 0 Å². The van der Waals surface area contributed by atoms with E-state index in [1.807, 2.05) is 18.2 Å². The van der Waals surface area contributed by atoms with Gasteiger partial charge in [-0.1, -0.05) is 35.0 Å². The molecule has 1 fully saturated rings. The molecule has 0 aliphatic carbocycles. The molecule has 4 nitrogen and oxygen atoms in total. The van der Waals surface area contributed by atoms with Crippen LogP contribution in [0.1, 0.15) is 19.4 Å². The third-order valence-electron chi connectivity index (χ3n) is 3.26. The summed E-state index contributed by atoms with van der Waals surface area (Å²) in [5.41, 5.74) is 0.445. The summed E-state index contributed by atoms with van der Waals surface area (Å²) < 4.78 is 5.55. The number of hydrogen-bond acceptors (Lipinski definition) is 4. The van der Waals surface area contributed by atoms with Gasteiger partial charge in [0.05, 0.1) is 0 Å². The van der Waals surface area contributed by atoms with Crippen molar-refractivity contribution < 1.29 is 14.4 Å². The van der Waals surface area contributed by atoms with Crippen molar-refractivity contribution in [3.05, 3.63) is 34.9 Å². The summed E-state index contributed by atoms with van der Waals surface area (Å²) in [6.45, 7) is 3.47. The molecule has 0 saturated carbocycles. The number of benzene rings is 1. The number of carbonyl (C=O) groups excluding carboxylic acids is 1. The number of oxime groups is 1. The second kappa shape index (κ2) is 3.80. The Bertz CT molecular complexity index is 553. The fourth-order valence-electron chi connectivity index (χ4n) is 2.30. The highest BCUT2D eigenvalue weighted by molar-refractivity contribution is 6.35. The van der Waals surface area contributed by atoms with Crippen molar-refractivity contribution in [3.63, 3.8) is 0 Å². The fourth-order valence-corrected chi connectivity index (χ4v) is 2.53. The lowest BCUT2D eigenvalue weighted by Gasteiger charge is -2.15. The first-order valence-electron chi connectivity index (χ1n) is 5.71. The predicted molar refractivity (Wildman–Crippen MR) is 66.5 cm³/mol. The highest BCUT2D eigenvalue weighted by Crippen LogP contribution is 2.39. The second-order valence-electron chi connectivity index (χ2n) is 4.90. The summed E-state index contributed by atoms with van der Waals surface area (Å²) in [4.78, 5) is 17.5. The number of rotatable bonds is 1. The number of ketones is 1. The maximum absolute atomic E-state index is 12.3. The van der Waals surface area contributed by atoms with Crippen molar-refractivity contribution in [2.24, 2.45) is 11.1 Å². The van der Waals surface area contributed by atoms with Crippen molar-refractivity contribution >= 4 is 23.1 Å². The lowest BCUT2D eigenvalue weighted by atomic mass is 9.88. The van der Waals surface area contributed by atoms with Gasteiger partial charge in [0, 0.05) is 10.6 Å². The van der Waals surface area contributed by atoms with Crippen molar-refractivity contribution in [1.82, 2.24) is 0 Å². The minimum absolute atomic E-state index is 0.0244. The van der Waals surface area contributed by atoms with Crippen molar-refractivity contribution in [3.8, 4) is 0 Å². The van der Waals surface area contributed by atoms with Crippen LogP contribution in [0.4, 0.5) is 0 Å². The molecule has 0 radical (unpaired) electrons. The van der Waals surface area contributed by atoms with Crippen LogP contribution in [0.2, 0.25) is 5.02 Å². The van der Waals surface area contributed by atoms with E-state index in [4.69, 9.17) is 21.2 Å². The molecule has 0 N–H and O–H groups in total. The third-order valence-corrected chi connectivity index (χ3v) is 3.59. The Kier molecular flexibility index (Phi) is 2.47. The molecule has 18 heavy (non-hydrogen) atoms. The van der Waals surface area contributed by atoms with Crippen LogP contribution < -0.4 is 0 Å². The van der Waals surface area contributed by atoms with E-state index in [0.717, 1.165) is 5.56 Å². The van der Waals surface area contributed by atoms with Crippen molar-refractivity contribution in [2.45, 2.75) is 25.7 Å². The molecule has 0 bridgehead atoms. The molecule has 94 valence electrons. The van der Waals surface area contributed by atoms with Crippen LogP contribution in [0.5, 0.6) is 0 Å². The first-order valence-corrected chi connectivity index (χ1v) is 6.09. The zero-order chi connectivity index (χ0) is 12.9. The van der Waals surface area contributed by atoms with Crippen LogP contribution in [0.15, 0.2) is 29.4 Å². The van der Waals surface area contributed by atoms with Gasteiger partial charge < -0.3 is 9.57 Å². The summed E-state index contributed by atoms with van der Waals surface area (Å²) in [5.74, 6) is -0.511. The molecule has 3 rings (SSSR count). The van der Waals surface area contributed by atoms with Crippen LogP contribution in [0.3, 0.4) is 0 Å². The second-order valence-corrected chi connectivity index (χ2v) is 5.31. The Labute approximate surface area is 110 Å². The molecular weight excluding hydrogens is 254 g/mol. The number of halogens is 1. The Morgan fingerprint density at radius 2 is 2.06 bits per heavy atom. The monoisotopic (exact) mass is 265 g/mol. The summed E-state index contributed by atoms with van der Waals surface area (Å²) >= 11 is 6.12. The summed E-state index contributed by atoms with van der Waals surface area (Å²) in [6.07, 6.45) is -0.626. The van der Waals surface area contributed by atoms with E-state index in [0.29, 0.717) is 10.7 Å². The lowest BCUT2D eigenvalue weighted by Crippen LogP contribution is -2.32. The van der Waals surface area contributed by atoms with Crippen molar-refractivity contribution in [1.29, 1.82) is 0 Å². The molecule has 0 unspecified atom stereocenters. The van der Waals surface area contributed by atoms with Crippen LogP contribution in [0, 0.1) is 5.92 Å². The van der Waals surface area contributed by atoms with Crippen LogP contribution in [-0.4, -0.2) is 23.4 Å². The average Bonchev–Trinajstić information content (AvgIpc) is 2.80. The zero-order valence-corrected chi connectivity index (χ0v) is 10.8. The van der Waals surface area contributed by atoms with Gasteiger partial charge in [-0.2, -0.15) is 0 Å². The number of fused-ring (bicyclic) bond motifs is 1. The standard InChI is InChI=1S/C13H12ClNO3/c1-13(2)11(16)9-10(15-18-12(9)17-13)7-5-3-4-6-8(7)14/h3-6,9,12H,1-2H3/t9-,12-/m0/s1. The van der Waals surface area contributed by atoms with Gasteiger partial charge in [-0.25, -0.2) is 0 Å². The van der Waals surface area contributed by atoms with Gasteiger partial charge in [-0.05, 0) is 19.9 Å². The van der Waals surface area contributed by atoms with E-state index in [9.17, 15) is 4.79 Å². The van der Waals surface area contributed by atoms with E-state index in [2.05, 4.69) is 5.16 Å². The Morgan fingerprint density at radius 3 is 2.78 bits per heavy atom. The molecule has 2 aliphatic heterocycles. The van der Waals surface area contributed by atoms with E-state index in [1.54, 1.807) is 19.9 Å². The quantitative estimate of drug-likeness (QED) is 0.783.